The third-order valence-electron chi connectivity index (χ3n) is 2.53. The van der Waals surface area contributed by atoms with E-state index in [9.17, 15) is 18.0 Å². The van der Waals surface area contributed by atoms with Gasteiger partial charge in [-0.2, -0.15) is 0 Å². The zero-order chi connectivity index (χ0) is 11.9. The fourth-order valence-corrected chi connectivity index (χ4v) is 1.66. The first-order valence-electron chi connectivity index (χ1n) is 4.72. The standard InChI is InChI=1S/C10H9F3N2O/c11-5-3-7(13)9(4-6(5)12)15-2-1-8(14)10(15)16/h3-4,8H,1-2,14H2. The van der Waals surface area contributed by atoms with E-state index in [0.717, 1.165) is 4.90 Å². The predicted octanol–water partition coefficient (Wildman–Crippen LogP) is 1.17. The minimum Gasteiger partial charge on any atom is -0.320 e. The first-order valence-corrected chi connectivity index (χ1v) is 4.72. The molecule has 0 aromatic heterocycles. The molecule has 86 valence electrons. The zero-order valence-electron chi connectivity index (χ0n) is 8.21. The lowest BCUT2D eigenvalue weighted by molar-refractivity contribution is -0.118. The molecule has 6 heteroatoms. The van der Waals surface area contributed by atoms with Gasteiger partial charge in [0.25, 0.3) is 0 Å². The van der Waals surface area contributed by atoms with E-state index in [1.807, 2.05) is 0 Å². The van der Waals surface area contributed by atoms with Crippen LogP contribution < -0.4 is 10.6 Å². The first-order chi connectivity index (χ1) is 7.50. The highest BCUT2D eigenvalue weighted by atomic mass is 19.2. The van der Waals surface area contributed by atoms with Gasteiger partial charge in [0.2, 0.25) is 5.91 Å². The molecule has 1 amide bonds. The van der Waals surface area contributed by atoms with Crippen molar-refractivity contribution in [3.63, 3.8) is 0 Å². The van der Waals surface area contributed by atoms with Crippen molar-refractivity contribution in [2.24, 2.45) is 5.73 Å². The SMILES string of the molecule is NC1CCN(c2cc(F)c(F)cc2F)C1=O. The Morgan fingerprint density at radius 2 is 1.81 bits per heavy atom. The lowest BCUT2D eigenvalue weighted by Gasteiger charge is -2.16. The third-order valence-corrected chi connectivity index (χ3v) is 2.53. The minimum atomic E-state index is -1.28. The molecular formula is C10H9F3N2O. The number of carbonyl (C=O) groups excluding carboxylic acids is 1. The molecule has 0 spiro atoms. The number of anilines is 1. The second-order valence-electron chi connectivity index (χ2n) is 3.60. The van der Waals surface area contributed by atoms with Crippen LogP contribution in [0.1, 0.15) is 6.42 Å². The molecule has 1 unspecified atom stereocenters. The lowest BCUT2D eigenvalue weighted by Crippen LogP contribution is -2.34. The molecule has 1 aromatic rings. The highest BCUT2D eigenvalue weighted by molar-refractivity contribution is 5.99. The molecular weight excluding hydrogens is 221 g/mol. The van der Waals surface area contributed by atoms with Crippen molar-refractivity contribution in [1.82, 2.24) is 0 Å². The molecule has 2 N–H and O–H groups in total. The molecule has 3 nitrogen and oxygen atoms in total. The number of benzene rings is 1. The molecule has 0 saturated carbocycles. The van der Waals surface area contributed by atoms with Gasteiger partial charge < -0.3 is 10.6 Å². The Kier molecular flexibility index (Phi) is 2.59. The number of nitrogens with two attached hydrogens (primary N) is 1. The number of carbonyl (C=O) groups is 1. The van der Waals surface area contributed by atoms with E-state index in [0.29, 0.717) is 18.6 Å². The summed E-state index contributed by atoms with van der Waals surface area (Å²) >= 11 is 0. The fraction of sp³-hybridized carbons (Fsp3) is 0.300. The Hall–Kier alpha value is -1.56. The maximum atomic E-state index is 13.3. The molecule has 0 bridgehead atoms. The van der Waals surface area contributed by atoms with Crippen molar-refractivity contribution >= 4 is 11.6 Å². The second-order valence-corrected chi connectivity index (χ2v) is 3.60. The van der Waals surface area contributed by atoms with E-state index in [4.69, 9.17) is 5.73 Å². The number of nitrogens with zero attached hydrogens (tertiary/aromatic N) is 1. The topological polar surface area (TPSA) is 46.3 Å². The molecule has 0 aliphatic carbocycles. The summed E-state index contributed by atoms with van der Waals surface area (Å²) in [7, 11) is 0. The van der Waals surface area contributed by atoms with Gasteiger partial charge in [-0.1, -0.05) is 0 Å². The van der Waals surface area contributed by atoms with Crippen molar-refractivity contribution in [1.29, 1.82) is 0 Å². The summed E-state index contributed by atoms with van der Waals surface area (Å²) in [6.45, 7) is 0.210. The number of hydrogen-bond donors (Lipinski definition) is 1. The van der Waals surface area contributed by atoms with Crippen LogP contribution in [0.25, 0.3) is 0 Å². The summed E-state index contributed by atoms with van der Waals surface area (Å²) in [4.78, 5) is 12.5. The van der Waals surface area contributed by atoms with Gasteiger partial charge in [0, 0.05) is 18.7 Å². The monoisotopic (exact) mass is 230 g/mol. The quantitative estimate of drug-likeness (QED) is 0.736. The maximum absolute atomic E-state index is 13.3. The van der Waals surface area contributed by atoms with Crippen LogP contribution in [-0.4, -0.2) is 18.5 Å². The van der Waals surface area contributed by atoms with Crippen LogP contribution in [-0.2, 0) is 4.79 Å². The molecule has 1 aliphatic rings. The molecule has 1 heterocycles. The smallest absolute Gasteiger partial charge is 0.244 e. The molecule has 1 fully saturated rings. The van der Waals surface area contributed by atoms with E-state index < -0.39 is 29.4 Å². The summed E-state index contributed by atoms with van der Waals surface area (Å²) < 4.78 is 38.9. The molecule has 16 heavy (non-hydrogen) atoms. The van der Waals surface area contributed by atoms with Crippen LogP contribution in [0.15, 0.2) is 12.1 Å². The Balaban J connectivity index is 2.41. The van der Waals surface area contributed by atoms with Crippen molar-refractivity contribution < 1.29 is 18.0 Å². The Labute approximate surface area is 89.6 Å². The molecule has 1 aliphatic heterocycles. The van der Waals surface area contributed by atoms with Crippen LogP contribution in [0.3, 0.4) is 0 Å². The van der Waals surface area contributed by atoms with Gasteiger partial charge in [0.15, 0.2) is 11.6 Å². The maximum Gasteiger partial charge on any atom is 0.244 e. The summed E-state index contributed by atoms with van der Waals surface area (Å²) in [6.07, 6.45) is 0.372. The Bertz CT molecular complexity index is 450. The average molecular weight is 230 g/mol. The van der Waals surface area contributed by atoms with Gasteiger partial charge in [-0.05, 0) is 6.42 Å². The number of amides is 1. The van der Waals surface area contributed by atoms with Gasteiger partial charge in [-0.15, -0.1) is 0 Å². The number of rotatable bonds is 1. The van der Waals surface area contributed by atoms with Gasteiger partial charge in [0.1, 0.15) is 5.82 Å². The number of hydrogen-bond acceptors (Lipinski definition) is 2. The van der Waals surface area contributed by atoms with Crippen LogP contribution in [0.5, 0.6) is 0 Å². The van der Waals surface area contributed by atoms with Crippen LogP contribution in [0, 0.1) is 17.5 Å². The van der Waals surface area contributed by atoms with E-state index >= 15 is 0 Å². The van der Waals surface area contributed by atoms with Crippen LogP contribution in [0.4, 0.5) is 18.9 Å². The molecule has 1 aromatic carbocycles. The average Bonchev–Trinajstić information content (AvgIpc) is 2.54. The van der Waals surface area contributed by atoms with Crippen molar-refractivity contribution in [3.05, 3.63) is 29.6 Å². The van der Waals surface area contributed by atoms with Crippen molar-refractivity contribution in [3.8, 4) is 0 Å². The third kappa shape index (κ3) is 1.65. The van der Waals surface area contributed by atoms with Crippen LogP contribution >= 0.6 is 0 Å². The summed E-state index contributed by atoms with van der Waals surface area (Å²) in [5.74, 6) is -3.92. The first kappa shape index (κ1) is 10.9. The van der Waals surface area contributed by atoms with Gasteiger partial charge in [0.05, 0.1) is 11.7 Å². The van der Waals surface area contributed by atoms with Gasteiger partial charge >= 0.3 is 0 Å². The van der Waals surface area contributed by atoms with Crippen molar-refractivity contribution in [2.45, 2.75) is 12.5 Å². The van der Waals surface area contributed by atoms with E-state index in [1.165, 1.54) is 0 Å². The number of halogens is 3. The summed E-state index contributed by atoms with van der Waals surface area (Å²) in [6, 6.07) is 0.384. The highest BCUT2D eigenvalue weighted by Crippen LogP contribution is 2.26. The summed E-state index contributed by atoms with van der Waals surface area (Å²) in [5, 5.41) is 0. The van der Waals surface area contributed by atoms with Crippen LogP contribution in [0.2, 0.25) is 0 Å². The molecule has 2 rings (SSSR count). The molecule has 1 atom stereocenters. The van der Waals surface area contributed by atoms with E-state index in [-0.39, 0.29) is 12.2 Å². The molecule has 1 saturated heterocycles. The second kappa shape index (κ2) is 3.79. The van der Waals surface area contributed by atoms with E-state index in [1.54, 1.807) is 0 Å². The largest absolute Gasteiger partial charge is 0.320 e. The lowest BCUT2D eigenvalue weighted by atomic mass is 10.2. The fourth-order valence-electron chi connectivity index (χ4n) is 1.66. The van der Waals surface area contributed by atoms with Gasteiger partial charge in [-0.25, -0.2) is 13.2 Å². The predicted molar refractivity (Wildman–Crippen MR) is 51.3 cm³/mol. The molecule has 0 radical (unpaired) electrons. The highest BCUT2D eigenvalue weighted by Gasteiger charge is 2.31. The normalized spacial score (nSPS) is 20.6. The van der Waals surface area contributed by atoms with Crippen molar-refractivity contribution in [2.75, 3.05) is 11.4 Å². The Morgan fingerprint density at radius 3 is 2.38 bits per heavy atom. The summed E-state index contributed by atoms with van der Waals surface area (Å²) in [5.41, 5.74) is 5.18. The minimum absolute atomic E-state index is 0.210. The zero-order valence-corrected chi connectivity index (χ0v) is 8.21. The van der Waals surface area contributed by atoms with Gasteiger partial charge in [-0.3, -0.25) is 4.79 Å². The Morgan fingerprint density at radius 1 is 1.19 bits per heavy atom. The van der Waals surface area contributed by atoms with E-state index in [2.05, 4.69) is 0 Å².